The molecule has 1 unspecified atom stereocenters. The van der Waals surface area contributed by atoms with Crippen molar-refractivity contribution in [2.75, 3.05) is 11.9 Å². The molecule has 1 amide bonds. The number of carboxylic acid groups (broad SMARTS) is 1. The van der Waals surface area contributed by atoms with Crippen LogP contribution in [-0.4, -0.2) is 33.7 Å². The predicted molar refractivity (Wildman–Crippen MR) is 84.3 cm³/mol. The van der Waals surface area contributed by atoms with E-state index in [1.807, 2.05) is 0 Å². The maximum atomic E-state index is 11.8. The van der Waals surface area contributed by atoms with Crippen LogP contribution in [-0.2, 0) is 27.4 Å². The van der Waals surface area contributed by atoms with Crippen molar-refractivity contribution in [3.8, 4) is 0 Å². The molecule has 2 N–H and O–H groups in total. The highest BCUT2D eigenvalue weighted by atomic mass is 16.5. The Morgan fingerprint density at radius 2 is 2.04 bits per heavy atom. The summed E-state index contributed by atoms with van der Waals surface area (Å²) in [6, 6.07) is 7.03. The van der Waals surface area contributed by atoms with Crippen LogP contribution in [0.2, 0.25) is 0 Å². The molecule has 0 fully saturated rings. The maximum Gasteiger partial charge on any atom is 0.306 e. The van der Waals surface area contributed by atoms with E-state index < -0.39 is 11.9 Å². The van der Waals surface area contributed by atoms with Crippen molar-refractivity contribution >= 4 is 17.6 Å². The third-order valence-electron chi connectivity index (χ3n) is 3.23. The Morgan fingerprint density at radius 1 is 1.33 bits per heavy atom. The van der Waals surface area contributed by atoms with Crippen LogP contribution in [0, 0.1) is 12.8 Å². The van der Waals surface area contributed by atoms with Crippen LogP contribution in [0.1, 0.15) is 24.2 Å². The van der Waals surface area contributed by atoms with Gasteiger partial charge in [0.2, 0.25) is 5.91 Å². The molecular formula is C16H19N3O5. The molecule has 0 aliphatic heterocycles. The number of anilines is 1. The van der Waals surface area contributed by atoms with E-state index in [9.17, 15) is 9.59 Å². The molecule has 128 valence electrons. The lowest BCUT2D eigenvalue weighted by molar-refractivity contribution is -0.141. The lowest BCUT2D eigenvalue weighted by Crippen LogP contribution is -2.18. The second kappa shape index (κ2) is 8.21. The monoisotopic (exact) mass is 333 g/mol. The molecule has 8 nitrogen and oxygen atoms in total. The molecule has 0 bridgehead atoms. The number of benzene rings is 1. The number of carbonyl (C=O) groups excluding carboxylic acids is 1. The van der Waals surface area contributed by atoms with E-state index in [1.54, 1.807) is 38.1 Å². The summed E-state index contributed by atoms with van der Waals surface area (Å²) in [7, 11) is 0. The normalized spacial score (nSPS) is 11.9. The summed E-state index contributed by atoms with van der Waals surface area (Å²) in [5, 5.41) is 15.2. The molecule has 0 aliphatic carbocycles. The number of rotatable bonds is 8. The molecule has 1 atom stereocenters. The van der Waals surface area contributed by atoms with Crippen LogP contribution in [0.5, 0.6) is 0 Å². The molecule has 8 heteroatoms. The number of ether oxygens (including phenoxy) is 1. The summed E-state index contributed by atoms with van der Waals surface area (Å²) in [6.45, 7) is 3.28. The first-order valence-electron chi connectivity index (χ1n) is 7.42. The summed E-state index contributed by atoms with van der Waals surface area (Å²) >= 11 is 0. The van der Waals surface area contributed by atoms with E-state index in [-0.39, 0.29) is 19.1 Å². The zero-order valence-corrected chi connectivity index (χ0v) is 13.5. The molecule has 0 saturated heterocycles. The Bertz CT molecular complexity index is 696. The SMILES string of the molecule is Cc1noc(COCC(=O)Nc2ccc(CC(C)C(=O)O)cc2)n1. The molecule has 1 aromatic carbocycles. The van der Waals surface area contributed by atoms with Gasteiger partial charge in [-0.2, -0.15) is 4.98 Å². The summed E-state index contributed by atoms with van der Waals surface area (Å²) in [4.78, 5) is 26.6. The molecule has 0 aliphatic rings. The van der Waals surface area contributed by atoms with E-state index in [2.05, 4.69) is 15.5 Å². The highest BCUT2D eigenvalue weighted by Crippen LogP contribution is 2.13. The number of aliphatic carboxylic acids is 1. The second-order valence-corrected chi connectivity index (χ2v) is 5.42. The number of hydrogen-bond acceptors (Lipinski definition) is 6. The molecule has 24 heavy (non-hydrogen) atoms. The fraction of sp³-hybridized carbons (Fsp3) is 0.375. The van der Waals surface area contributed by atoms with Crippen molar-refractivity contribution in [1.29, 1.82) is 0 Å². The number of aromatic nitrogens is 2. The van der Waals surface area contributed by atoms with Gasteiger partial charge >= 0.3 is 5.97 Å². The predicted octanol–water partition coefficient (Wildman–Crippen LogP) is 1.80. The van der Waals surface area contributed by atoms with Gasteiger partial charge in [0.05, 0.1) is 5.92 Å². The maximum absolute atomic E-state index is 11.8. The first-order chi connectivity index (χ1) is 11.4. The number of amides is 1. The summed E-state index contributed by atoms with van der Waals surface area (Å²) in [5.41, 5.74) is 1.51. The number of nitrogens with zero attached hydrogens (tertiary/aromatic N) is 2. The van der Waals surface area contributed by atoms with E-state index in [0.717, 1.165) is 5.56 Å². The minimum Gasteiger partial charge on any atom is -0.481 e. The van der Waals surface area contributed by atoms with Gasteiger partial charge in [0.25, 0.3) is 5.89 Å². The summed E-state index contributed by atoms with van der Waals surface area (Å²) in [6.07, 6.45) is 0.441. The van der Waals surface area contributed by atoms with Gasteiger partial charge in [0.15, 0.2) is 5.82 Å². The Hall–Kier alpha value is -2.74. The van der Waals surface area contributed by atoms with Crippen molar-refractivity contribution in [2.24, 2.45) is 5.92 Å². The Morgan fingerprint density at radius 3 is 2.62 bits per heavy atom. The average Bonchev–Trinajstić information content (AvgIpc) is 2.94. The van der Waals surface area contributed by atoms with Crippen LogP contribution in [0.4, 0.5) is 5.69 Å². The number of hydrogen-bond donors (Lipinski definition) is 2. The van der Waals surface area contributed by atoms with Gasteiger partial charge in [-0.25, -0.2) is 0 Å². The first-order valence-corrected chi connectivity index (χ1v) is 7.42. The van der Waals surface area contributed by atoms with Crippen LogP contribution >= 0.6 is 0 Å². The van der Waals surface area contributed by atoms with E-state index in [4.69, 9.17) is 14.4 Å². The highest BCUT2D eigenvalue weighted by molar-refractivity contribution is 5.91. The highest BCUT2D eigenvalue weighted by Gasteiger charge is 2.11. The van der Waals surface area contributed by atoms with Crippen molar-refractivity contribution in [3.63, 3.8) is 0 Å². The molecular weight excluding hydrogens is 314 g/mol. The fourth-order valence-corrected chi connectivity index (χ4v) is 1.99. The van der Waals surface area contributed by atoms with Crippen LogP contribution in [0.3, 0.4) is 0 Å². The van der Waals surface area contributed by atoms with Gasteiger partial charge in [0.1, 0.15) is 13.2 Å². The fourth-order valence-electron chi connectivity index (χ4n) is 1.99. The Balaban J connectivity index is 1.76. The minimum atomic E-state index is -0.832. The van der Waals surface area contributed by atoms with E-state index in [0.29, 0.717) is 23.8 Å². The standard InChI is InChI=1S/C16H19N3O5/c1-10(16(21)22)7-12-3-5-13(6-4-12)18-14(20)8-23-9-15-17-11(2)19-24-15/h3-6,10H,7-9H2,1-2H3,(H,18,20)(H,21,22). The number of carbonyl (C=O) groups is 2. The minimum absolute atomic E-state index is 0.0697. The molecule has 1 heterocycles. The number of aryl methyl sites for hydroxylation is 1. The first kappa shape index (κ1) is 17.6. The van der Waals surface area contributed by atoms with Crippen LogP contribution < -0.4 is 5.32 Å². The number of nitrogens with one attached hydrogen (secondary N) is 1. The number of carboxylic acids is 1. The zero-order valence-electron chi connectivity index (χ0n) is 13.5. The van der Waals surface area contributed by atoms with Crippen LogP contribution in [0.25, 0.3) is 0 Å². The lowest BCUT2D eigenvalue weighted by atomic mass is 10.0. The molecule has 2 rings (SSSR count). The smallest absolute Gasteiger partial charge is 0.306 e. The molecule has 0 saturated carbocycles. The quantitative estimate of drug-likeness (QED) is 0.757. The molecule has 0 radical (unpaired) electrons. The van der Waals surface area contributed by atoms with Crippen molar-refractivity contribution in [3.05, 3.63) is 41.5 Å². The van der Waals surface area contributed by atoms with E-state index in [1.165, 1.54) is 0 Å². The van der Waals surface area contributed by atoms with E-state index >= 15 is 0 Å². The van der Waals surface area contributed by atoms with Gasteiger partial charge in [-0.1, -0.05) is 24.2 Å². The summed E-state index contributed by atoms with van der Waals surface area (Å²) in [5.74, 6) is -0.765. The average molecular weight is 333 g/mol. The van der Waals surface area contributed by atoms with Crippen LogP contribution in [0.15, 0.2) is 28.8 Å². The van der Waals surface area contributed by atoms with Gasteiger partial charge in [0, 0.05) is 5.69 Å². The van der Waals surface area contributed by atoms with Gasteiger partial charge in [-0.3, -0.25) is 9.59 Å². The molecule has 2 aromatic rings. The van der Waals surface area contributed by atoms with Crippen molar-refractivity contribution < 1.29 is 24.0 Å². The van der Waals surface area contributed by atoms with Gasteiger partial charge < -0.3 is 19.7 Å². The van der Waals surface area contributed by atoms with Gasteiger partial charge in [-0.05, 0) is 31.0 Å². The third-order valence-corrected chi connectivity index (χ3v) is 3.23. The zero-order chi connectivity index (χ0) is 17.5. The van der Waals surface area contributed by atoms with Crippen molar-refractivity contribution in [2.45, 2.75) is 26.9 Å². The van der Waals surface area contributed by atoms with Crippen molar-refractivity contribution in [1.82, 2.24) is 10.1 Å². The summed E-state index contributed by atoms with van der Waals surface area (Å²) < 4.78 is 10.1. The second-order valence-electron chi connectivity index (χ2n) is 5.42. The largest absolute Gasteiger partial charge is 0.481 e. The molecule has 0 spiro atoms. The molecule has 1 aromatic heterocycles. The Labute approximate surface area is 138 Å². The lowest BCUT2D eigenvalue weighted by Gasteiger charge is -2.08. The third kappa shape index (κ3) is 5.47. The van der Waals surface area contributed by atoms with Gasteiger partial charge in [-0.15, -0.1) is 0 Å². The topological polar surface area (TPSA) is 115 Å². The Kier molecular flexibility index (Phi) is 6.02.